The molecule has 0 fully saturated rings. The molecule has 0 spiro atoms. The van der Waals surface area contributed by atoms with E-state index in [-0.39, 0.29) is 0 Å². The monoisotopic (exact) mass is 583 g/mol. The van der Waals surface area contributed by atoms with Crippen LogP contribution in [0, 0.1) is 0 Å². The van der Waals surface area contributed by atoms with Gasteiger partial charge in [-0.05, 0) is 68.4 Å². The lowest BCUT2D eigenvalue weighted by atomic mass is 9.94. The van der Waals surface area contributed by atoms with Gasteiger partial charge in [0.1, 0.15) is 11.2 Å². The minimum Gasteiger partial charge on any atom is -0.456 e. The van der Waals surface area contributed by atoms with Gasteiger partial charge >= 0.3 is 0 Å². The van der Waals surface area contributed by atoms with Crippen LogP contribution in [0.3, 0.4) is 0 Å². The summed E-state index contributed by atoms with van der Waals surface area (Å²) in [5, 5.41) is 13.4. The standard InChI is InChI=1S/C42H21N3O/c1-2-9-22(10-3-1)41-28-12-4-5-17-29(28)43-42(44-41)45-30-18-8-16-27-26-15-7-14-25-24-13-6-11-23-21-33-39(40(34(23)24)35(25)26)38-32(46-33)20-19-31(45)37(38)36(27)30/h1-21H. The fourth-order valence-corrected chi connectivity index (χ4v) is 8.51. The molecule has 0 saturated heterocycles. The quantitative estimate of drug-likeness (QED) is 0.203. The van der Waals surface area contributed by atoms with Crippen LogP contribution in [0.4, 0.5) is 0 Å². The number of furan rings is 1. The summed E-state index contributed by atoms with van der Waals surface area (Å²) >= 11 is 0. The van der Waals surface area contributed by atoms with Crippen molar-refractivity contribution in [1.29, 1.82) is 0 Å². The molecule has 0 saturated carbocycles. The smallest absolute Gasteiger partial charge is 0.235 e. The average Bonchev–Trinajstić information content (AvgIpc) is 3.76. The van der Waals surface area contributed by atoms with Crippen LogP contribution >= 0.6 is 0 Å². The van der Waals surface area contributed by atoms with Gasteiger partial charge < -0.3 is 4.42 Å². The van der Waals surface area contributed by atoms with Crippen LogP contribution in [-0.4, -0.2) is 14.5 Å². The van der Waals surface area contributed by atoms with Gasteiger partial charge in [0.15, 0.2) is 0 Å². The molecule has 12 rings (SSSR count). The van der Waals surface area contributed by atoms with Gasteiger partial charge in [-0.1, -0.05) is 97.1 Å². The highest BCUT2D eigenvalue weighted by molar-refractivity contribution is 6.45. The fraction of sp³-hybridized carbons (Fsp3) is 0. The first-order valence-corrected chi connectivity index (χ1v) is 15.7. The van der Waals surface area contributed by atoms with Crippen LogP contribution in [0.1, 0.15) is 0 Å². The van der Waals surface area contributed by atoms with Gasteiger partial charge in [-0.2, -0.15) is 0 Å². The van der Waals surface area contributed by atoms with Crippen LogP contribution in [0.5, 0.6) is 0 Å². The van der Waals surface area contributed by atoms with Crippen LogP contribution in [0.15, 0.2) is 132 Å². The Morgan fingerprint density at radius 3 is 2.09 bits per heavy atom. The average molecular weight is 584 g/mol. The first kappa shape index (κ1) is 23.2. The number of hydrogen-bond acceptors (Lipinski definition) is 3. The SMILES string of the molecule is c1ccc(-c2nc(-n3c4cccc5c6cccc7c6c6c8c-7cccc8cc7oc8ccc3c(c8c76)c54)nc3ccccc23)cc1. The van der Waals surface area contributed by atoms with E-state index in [2.05, 4.69) is 126 Å². The maximum Gasteiger partial charge on any atom is 0.235 e. The molecule has 0 amide bonds. The number of benzene rings is 7. The molecule has 0 unspecified atom stereocenters. The number of fused-ring (bicyclic) bond motifs is 3. The van der Waals surface area contributed by atoms with E-state index in [1.54, 1.807) is 0 Å². The van der Waals surface area contributed by atoms with E-state index >= 15 is 0 Å². The van der Waals surface area contributed by atoms with Gasteiger partial charge in [0.2, 0.25) is 5.95 Å². The van der Waals surface area contributed by atoms with Crippen LogP contribution < -0.4 is 0 Å². The zero-order valence-electron chi connectivity index (χ0n) is 24.4. The van der Waals surface area contributed by atoms with Crippen LogP contribution in [0.25, 0.3) is 115 Å². The molecular weight excluding hydrogens is 562 g/mol. The van der Waals surface area contributed by atoms with Gasteiger partial charge in [-0.15, -0.1) is 0 Å². The van der Waals surface area contributed by atoms with Crippen molar-refractivity contribution in [2.24, 2.45) is 0 Å². The highest BCUT2D eigenvalue weighted by Gasteiger charge is 2.28. The van der Waals surface area contributed by atoms with Crippen molar-refractivity contribution in [3.05, 3.63) is 127 Å². The molecule has 4 nitrogen and oxygen atoms in total. The van der Waals surface area contributed by atoms with Crippen LogP contribution in [-0.2, 0) is 0 Å². The van der Waals surface area contributed by atoms with Crippen molar-refractivity contribution in [1.82, 2.24) is 14.5 Å². The summed E-state index contributed by atoms with van der Waals surface area (Å²) in [5.74, 6) is 0.662. The van der Waals surface area contributed by atoms with Gasteiger partial charge in [-0.25, -0.2) is 9.97 Å². The Morgan fingerprint density at radius 2 is 1.17 bits per heavy atom. The van der Waals surface area contributed by atoms with E-state index in [1.807, 2.05) is 6.07 Å². The van der Waals surface area contributed by atoms with Crippen molar-refractivity contribution in [2.45, 2.75) is 0 Å². The fourth-order valence-electron chi connectivity index (χ4n) is 8.51. The molecule has 210 valence electrons. The summed E-state index contributed by atoms with van der Waals surface area (Å²) in [6, 6.07) is 45.4. The maximum atomic E-state index is 6.73. The van der Waals surface area contributed by atoms with Crippen molar-refractivity contribution < 1.29 is 4.42 Å². The third kappa shape index (κ3) is 2.61. The molecule has 0 bridgehead atoms. The first-order valence-electron chi connectivity index (χ1n) is 15.7. The second-order valence-corrected chi connectivity index (χ2v) is 12.5. The Hall–Kier alpha value is -6.26. The Labute approximate surface area is 261 Å². The summed E-state index contributed by atoms with van der Waals surface area (Å²) in [6.07, 6.45) is 0. The third-order valence-electron chi connectivity index (χ3n) is 10.3. The summed E-state index contributed by atoms with van der Waals surface area (Å²) in [6.45, 7) is 0. The Kier molecular flexibility index (Phi) is 3.96. The van der Waals surface area contributed by atoms with Gasteiger partial charge in [-0.3, -0.25) is 4.57 Å². The van der Waals surface area contributed by atoms with Gasteiger partial charge in [0.25, 0.3) is 0 Å². The van der Waals surface area contributed by atoms with E-state index in [1.165, 1.54) is 65.0 Å². The molecular formula is C42H21N3O. The number of para-hydroxylation sites is 1. The Morgan fingerprint density at radius 1 is 0.457 bits per heavy atom. The molecule has 3 aromatic heterocycles. The van der Waals surface area contributed by atoms with Crippen molar-refractivity contribution in [3.8, 4) is 28.3 Å². The predicted molar refractivity (Wildman–Crippen MR) is 189 cm³/mol. The lowest BCUT2D eigenvalue weighted by Gasteiger charge is -2.11. The second-order valence-electron chi connectivity index (χ2n) is 12.5. The summed E-state index contributed by atoms with van der Waals surface area (Å²) < 4.78 is 8.99. The largest absolute Gasteiger partial charge is 0.456 e. The third-order valence-corrected chi connectivity index (χ3v) is 10.3. The summed E-state index contributed by atoms with van der Waals surface area (Å²) in [5.41, 5.74) is 9.50. The zero-order chi connectivity index (χ0) is 29.7. The lowest BCUT2D eigenvalue weighted by Crippen LogP contribution is -2.03. The minimum atomic E-state index is 0.662. The topological polar surface area (TPSA) is 43.9 Å². The van der Waals surface area contributed by atoms with Crippen molar-refractivity contribution in [2.75, 3.05) is 0 Å². The number of nitrogens with zero attached hydrogens (tertiary/aromatic N) is 3. The number of hydrogen-bond donors (Lipinski definition) is 0. The molecule has 0 N–H and O–H groups in total. The molecule has 8 aromatic carbocycles. The van der Waals surface area contributed by atoms with E-state index in [4.69, 9.17) is 14.4 Å². The normalized spacial score (nSPS) is 12.8. The Balaban J connectivity index is 1.36. The molecule has 0 aliphatic heterocycles. The molecule has 3 heterocycles. The van der Waals surface area contributed by atoms with Gasteiger partial charge in [0, 0.05) is 37.9 Å². The van der Waals surface area contributed by atoms with Crippen LogP contribution in [0.2, 0.25) is 0 Å². The minimum absolute atomic E-state index is 0.662. The second kappa shape index (κ2) is 7.87. The first-order chi connectivity index (χ1) is 22.8. The molecule has 1 aliphatic rings. The van der Waals surface area contributed by atoms with Gasteiger partial charge in [0.05, 0.1) is 22.2 Å². The van der Waals surface area contributed by atoms with E-state index in [9.17, 15) is 0 Å². The molecule has 0 atom stereocenters. The zero-order valence-corrected chi connectivity index (χ0v) is 24.4. The molecule has 4 heteroatoms. The Bertz CT molecular complexity index is 3130. The predicted octanol–water partition coefficient (Wildman–Crippen LogP) is 11.2. The number of aromatic nitrogens is 3. The lowest BCUT2D eigenvalue weighted by molar-refractivity contribution is 0.670. The van der Waals surface area contributed by atoms with Crippen molar-refractivity contribution >= 4 is 87.0 Å². The molecule has 11 aromatic rings. The van der Waals surface area contributed by atoms with E-state index < -0.39 is 0 Å². The number of rotatable bonds is 2. The highest BCUT2D eigenvalue weighted by Crippen LogP contribution is 2.54. The van der Waals surface area contributed by atoms with E-state index in [0.29, 0.717) is 5.95 Å². The molecule has 46 heavy (non-hydrogen) atoms. The molecule has 0 radical (unpaired) electrons. The summed E-state index contributed by atoms with van der Waals surface area (Å²) in [7, 11) is 0. The highest BCUT2D eigenvalue weighted by atomic mass is 16.3. The van der Waals surface area contributed by atoms with E-state index in [0.717, 1.165) is 44.4 Å². The maximum absolute atomic E-state index is 6.73. The van der Waals surface area contributed by atoms with Crippen molar-refractivity contribution in [3.63, 3.8) is 0 Å². The molecule has 1 aliphatic carbocycles. The summed E-state index contributed by atoms with van der Waals surface area (Å²) in [4.78, 5) is 10.6.